The van der Waals surface area contributed by atoms with Crippen molar-refractivity contribution >= 4 is 35.0 Å². The molecule has 3 saturated carbocycles. The average Bonchev–Trinajstić information content (AvgIpc) is 3.23. The van der Waals surface area contributed by atoms with Crippen molar-refractivity contribution in [1.82, 2.24) is 0 Å². The molecule has 3 fully saturated rings. The molecule has 5 rings (SSSR count). The summed E-state index contributed by atoms with van der Waals surface area (Å²) in [5.41, 5.74) is 2.92. The van der Waals surface area contributed by atoms with Crippen molar-refractivity contribution in [3.63, 3.8) is 0 Å². The number of carbonyl (C=O) groups excluding carboxylic acids is 1. The predicted molar refractivity (Wildman–Crippen MR) is 163 cm³/mol. The summed E-state index contributed by atoms with van der Waals surface area (Å²) in [5.74, 6) is 5.03. The summed E-state index contributed by atoms with van der Waals surface area (Å²) in [4.78, 5) is 12.7. The number of benzene rings is 1. The SMILES string of the molecule is CC(C)CCC[C@@H](C)[C@H]1CC[C@@H]2[C@@H]3CC=C4C[C@@H](OC(=O)Nc5ccc(Cl)c(Cl)c5)CC[C@]4(C)[C@H]3CC[C@@]21C. The van der Waals surface area contributed by atoms with Crippen LogP contribution in [-0.2, 0) is 4.74 Å². The van der Waals surface area contributed by atoms with Crippen LogP contribution in [0.1, 0.15) is 105 Å². The fourth-order valence-electron chi connectivity index (χ4n) is 9.63. The topological polar surface area (TPSA) is 38.3 Å². The maximum atomic E-state index is 12.7. The Kier molecular flexibility index (Phi) is 8.71. The molecule has 8 atom stereocenters. The van der Waals surface area contributed by atoms with Gasteiger partial charge in [0.1, 0.15) is 6.10 Å². The molecule has 3 nitrogen and oxygen atoms in total. The smallest absolute Gasteiger partial charge is 0.411 e. The molecule has 1 aromatic rings. The quantitative estimate of drug-likeness (QED) is 0.329. The van der Waals surface area contributed by atoms with Gasteiger partial charge >= 0.3 is 6.09 Å². The summed E-state index contributed by atoms with van der Waals surface area (Å²) in [6, 6.07) is 5.09. The van der Waals surface area contributed by atoms with E-state index in [1.54, 1.807) is 23.8 Å². The largest absolute Gasteiger partial charge is 0.446 e. The molecule has 4 aliphatic carbocycles. The zero-order chi connectivity index (χ0) is 27.9. The van der Waals surface area contributed by atoms with Crippen LogP contribution in [0.2, 0.25) is 10.0 Å². The molecule has 0 radical (unpaired) electrons. The molecular weight excluding hydrogens is 525 g/mol. The highest BCUT2D eigenvalue weighted by molar-refractivity contribution is 6.42. The molecule has 0 bridgehead atoms. The molecule has 0 saturated heterocycles. The Bertz CT molecular complexity index is 1080. The van der Waals surface area contributed by atoms with E-state index in [4.69, 9.17) is 27.9 Å². The number of hydrogen-bond donors (Lipinski definition) is 1. The third kappa shape index (κ3) is 5.78. The second-order valence-corrected chi connectivity index (χ2v) is 15.1. The van der Waals surface area contributed by atoms with Crippen molar-refractivity contribution in [2.75, 3.05) is 5.32 Å². The van der Waals surface area contributed by atoms with E-state index in [0.29, 0.717) is 21.1 Å². The van der Waals surface area contributed by atoms with Gasteiger partial charge in [-0.25, -0.2) is 4.79 Å². The van der Waals surface area contributed by atoms with Gasteiger partial charge in [0.15, 0.2) is 0 Å². The van der Waals surface area contributed by atoms with Crippen LogP contribution in [0.3, 0.4) is 0 Å². The minimum absolute atomic E-state index is 0.0694. The summed E-state index contributed by atoms with van der Waals surface area (Å²) in [7, 11) is 0. The first-order chi connectivity index (χ1) is 18.5. The molecule has 0 aliphatic heterocycles. The van der Waals surface area contributed by atoms with Gasteiger partial charge in [-0.15, -0.1) is 0 Å². The Balaban J connectivity index is 1.21. The number of halogens is 2. The lowest BCUT2D eigenvalue weighted by molar-refractivity contribution is -0.0577. The van der Waals surface area contributed by atoms with Crippen molar-refractivity contribution in [3.8, 4) is 0 Å². The van der Waals surface area contributed by atoms with Crippen molar-refractivity contribution in [2.24, 2.45) is 46.3 Å². The van der Waals surface area contributed by atoms with Crippen LogP contribution >= 0.6 is 23.2 Å². The summed E-state index contributed by atoms with van der Waals surface area (Å²) in [6.07, 6.45) is 16.0. The van der Waals surface area contributed by atoms with Crippen LogP contribution in [0, 0.1) is 46.3 Å². The van der Waals surface area contributed by atoms with Crippen LogP contribution in [-0.4, -0.2) is 12.2 Å². The normalized spacial score (nSPS) is 36.4. The molecule has 39 heavy (non-hydrogen) atoms. The van der Waals surface area contributed by atoms with Crippen molar-refractivity contribution in [3.05, 3.63) is 39.9 Å². The van der Waals surface area contributed by atoms with E-state index >= 15 is 0 Å². The first-order valence-electron chi connectivity index (χ1n) is 15.6. The van der Waals surface area contributed by atoms with E-state index in [1.165, 1.54) is 51.4 Å². The molecule has 0 spiro atoms. The highest BCUT2D eigenvalue weighted by Crippen LogP contribution is 2.67. The molecule has 0 unspecified atom stereocenters. The fourth-order valence-corrected chi connectivity index (χ4v) is 9.92. The van der Waals surface area contributed by atoms with Gasteiger partial charge in [-0.2, -0.15) is 0 Å². The first-order valence-corrected chi connectivity index (χ1v) is 16.4. The van der Waals surface area contributed by atoms with Gasteiger partial charge in [-0.1, -0.05) is 88.7 Å². The molecule has 0 aromatic heterocycles. The predicted octanol–water partition coefficient (Wildman–Crippen LogP) is 11.0. The third-order valence-electron chi connectivity index (χ3n) is 11.7. The Morgan fingerprint density at radius 1 is 1.03 bits per heavy atom. The van der Waals surface area contributed by atoms with Crippen LogP contribution < -0.4 is 5.32 Å². The monoisotopic (exact) mass is 573 g/mol. The molecule has 5 heteroatoms. The van der Waals surface area contributed by atoms with Crippen molar-refractivity contribution in [1.29, 1.82) is 0 Å². The van der Waals surface area contributed by atoms with Gasteiger partial charge in [0.25, 0.3) is 0 Å². The van der Waals surface area contributed by atoms with Crippen LogP contribution in [0.4, 0.5) is 10.5 Å². The maximum Gasteiger partial charge on any atom is 0.411 e. The number of nitrogens with one attached hydrogen (secondary N) is 1. The summed E-state index contributed by atoms with van der Waals surface area (Å²) in [6.45, 7) is 12.5. The second kappa shape index (κ2) is 11.6. The van der Waals surface area contributed by atoms with Gasteiger partial charge in [-0.3, -0.25) is 5.32 Å². The molecular formula is C34H49Cl2NO2. The summed E-state index contributed by atoms with van der Waals surface area (Å²) < 4.78 is 5.90. The van der Waals surface area contributed by atoms with Crippen molar-refractivity contribution in [2.45, 2.75) is 111 Å². The number of anilines is 1. The van der Waals surface area contributed by atoms with Crippen molar-refractivity contribution < 1.29 is 9.53 Å². The summed E-state index contributed by atoms with van der Waals surface area (Å²) in [5, 5.41) is 3.71. The molecule has 1 N–H and O–H groups in total. The number of amides is 1. The lowest BCUT2D eigenvalue weighted by Gasteiger charge is -2.58. The van der Waals surface area contributed by atoms with E-state index in [-0.39, 0.29) is 11.5 Å². The number of hydrogen-bond acceptors (Lipinski definition) is 2. The second-order valence-electron chi connectivity index (χ2n) is 14.3. The average molecular weight is 575 g/mol. The molecule has 1 aromatic carbocycles. The number of ether oxygens (including phenoxy) is 1. The Labute approximate surface area is 246 Å². The number of allylic oxidation sites excluding steroid dienone is 1. The molecule has 216 valence electrons. The standard InChI is InChI=1S/C34H49Cl2NO2/c1-21(2)7-6-8-22(3)27-12-13-28-26-11-9-23-19-25(15-17-33(23,4)29(26)16-18-34(27,28)5)39-32(38)37-24-10-14-30(35)31(36)20-24/h9-10,14,20-22,25-29H,6-8,11-13,15-19H2,1-5H3,(H,37,38)/t22-,25+,26+,27-,28-,29+,33+,34-/m1/s1. The molecule has 0 heterocycles. The Hall–Kier alpha value is -1.19. The minimum Gasteiger partial charge on any atom is -0.446 e. The first kappa shape index (κ1) is 29.3. The number of fused-ring (bicyclic) bond motifs is 5. The van der Waals surface area contributed by atoms with E-state index in [1.807, 2.05) is 0 Å². The fraction of sp³-hybridized carbons (Fsp3) is 0.735. The zero-order valence-corrected chi connectivity index (χ0v) is 26.2. The lowest BCUT2D eigenvalue weighted by atomic mass is 9.47. The Morgan fingerprint density at radius 3 is 2.56 bits per heavy atom. The van der Waals surface area contributed by atoms with Crippen LogP contribution in [0.25, 0.3) is 0 Å². The van der Waals surface area contributed by atoms with Crippen LogP contribution in [0.15, 0.2) is 29.8 Å². The van der Waals surface area contributed by atoms with E-state index < -0.39 is 6.09 Å². The maximum absolute atomic E-state index is 12.7. The number of carbonyl (C=O) groups is 1. The van der Waals surface area contributed by atoms with E-state index in [9.17, 15) is 4.79 Å². The molecule has 4 aliphatic rings. The van der Waals surface area contributed by atoms with Gasteiger partial charge in [0.2, 0.25) is 0 Å². The van der Waals surface area contributed by atoms with Gasteiger partial charge < -0.3 is 4.74 Å². The Morgan fingerprint density at radius 2 is 1.82 bits per heavy atom. The third-order valence-corrected chi connectivity index (χ3v) is 12.4. The van der Waals surface area contributed by atoms with Gasteiger partial charge in [-0.05, 0) is 109 Å². The van der Waals surface area contributed by atoms with E-state index in [2.05, 4.69) is 46.0 Å². The summed E-state index contributed by atoms with van der Waals surface area (Å²) >= 11 is 12.1. The zero-order valence-electron chi connectivity index (χ0n) is 24.7. The minimum atomic E-state index is -0.413. The highest BCUT2D eigenvalue weighted by atomic mass is 35.5. The van der Waals surface area contributed by atoms with Gasteiger partial charge in [0.05, 0.1) is 10.0 Å². The molecule has 1 amide bonds. The van der Waals surface area contributed by atoms with Crippen LogP contribution in [0.5, 0.6) is 0 Å². The highest BCUT2D eigenvalue weighted by Gasteiger charge is 2.59. The van der Waals surface area contributed by atoms with E-state index in [0.717, 1.165) is 54.8 Å². The number of rotatable bonds is 7. The lowest BCUT2D eigenvalue weighted by Crippen LogP contribution is -2.51. The van der Waals surface area contributed by atoms with Gasteiger partial charge in [0, 0.05) is 12.1 Å².